The van der Waals surface area contributed by atoms with Crippen LogP contribution >= 0.6 is 36.2 Å². The van der Waals surface area contributed by atoms with Crippen LogP contribution in [0.1, 0.15) is 25.4 Å². The topological polar surface area (TPSA) is 100 Å². The highest BCUT2D eigenvalue weighted by atomic mass is 35.5. The summed E-state index contributed by atoms with van der Waals surface area (Å²) in [5.41, 5.74) is 8.14. The van der Waals surface area contributed by atoms with Crippen molar-refractivity contribution in [1.29, 1.82) is 0 Å². The molecule has 0 atom stereocenters. The molecule has 3 aromatic rings. The van der Waals surface area contributed by atoms with Gasteiger partial charge in [0.15, 0.2) is 0 Å². The summed E-state index contributed by atoms with van der Waals surface area (Å²) in [5, 5.41) is 6.92. The lowest BCUT2D eigenvalue weighted by atomic mass is 10.0. The molecule has 3 heterocycles. The molecule has 0 fully saturated rings. The van der Waals surface area contributed by atoms with Crippen molar-refractivity contribution in [2.75, 3.05) is 0 Å². The minimum Gasteiger partial charge on any atom is -0.325 e. The molecule has 0 radical (unpaired) electrons. The van der Waals surface area contributed by atoms with Gasteiger partial charge in [0.05, 0.1) is 11.7 Å². The third-order valence-corrected chi connectivity index (χ3v) is 4.31. The minimum atomic E-state index is -0.413. The fourth-order valence-electron chi connectivity index (χ4n) is 2.24. The number of nitrogens with zero attached hydrogens (tertiary/aromatic N) is 2. The van der Waals surface area contributed by atoms with E-state index in [9.17, 15) is 4.79 Å². The second kappa shape index (κ2) is 7.00. The van der Waals surface area contributed by atoms with Gasteiger partial charge in [0.25, 0.3) is 5.56 Å². The Balaban J connectivity index is 0.00000132. The maximum Gasteiger partial charge on any atom is 0.268 e. The van der Waals surface area contributed by atoms with Gasteiger partial charge in [-0.2, -0.15) is 5.10 Å². The average molecular weight is 376 g/mol. The van der Waals surface area contributed by atoms with E-state index >= 15 is 0 Å². The van der Waals surface area contributed by atoms with E-state index in [0.29, 0.717) is 22.5 Å². The number of rotatable bonds is 3. The van der Waals surface area contributed by atoms with Crippen LogP contribution in [-0.2, 0) is 6.42 Å². The van der Waals surface area contributed by atoms with Crippen molar-refractivity contribution in [3.8, 4) is 10.4 Å². The second-order valence-corrected chi connectivity index (χ2v) is 6.96. The summed E-state index contributed by atoms with van der Waals surface area (Å²) in [7, 11) is 0. The zero-order valence-electron chi connectivity index (χ0n) is 13.0. The van der Waals surface area contributed by atoms with Crippen molar-refractivity contribution >= 4 is 46.4 Å². The molecule has 3 rings (SSSR count). The molecule has 3 aromatic heterocycles. The summed E-state index contributed by atoms with van der Waals surface area (Å²) in [6, 6.07) is 1.93. The molecule has 0 aliphatic rings. The molecule has 0 aliphatic carbocycles. The van der Waals surface area contributed by atoms with Crippen molar-refractivity contribution in [2.24, 2.45) is 5.73 Å². The van der Waals surface area contributed by atoms with E-state index in [4.69, 9.17) is 5.73 Å². The Labute approximate surface area is 149 Å². The molecule has 0 aromatic carbocycles. The third-order valence-electron chi connectivity index (χ3n) is 3.15. The van der Waals surface area contributed by atoms with Gasteiger partial charge in [-0.15, -0.1) is 36.2 Å². The van der Waals surface area contributed by atoms with Crippen LogP contribution in [0, 0.1) is 6.92 Å². The van der Waals surface area contributed by atoms with Gasteiger partial charge in [0, 0.05) is 28.1 Å². The van der Waals surface area contributed by atoms with Gasteiger partial charge in [-0.1, -0.05) is 0 Å². The lowest BCUT2D eigenvalue weighted by Crippen LogP contribution is -2.35. The standard InChI is InChI=1S/C14H17N5OS.2ClH/c1-7-8(6-16-19-7)10-4-9-12(21-10)13(20)18-11(17-9)5-14(2,3)15;;/h4,6H,5,15H2,1-3H3,(H,16,19)(H,17,18,20);2*1H. The number of halogens is 2. The lowest BCUT2D eigenvalue weighted by molar-refractivity contribution is 0.502. The molecule has 0 aliphatic heterocycles. The number of fused-ring (bicyclic) bond motifs is 1. The predicted molar refractivity (Wildman–Crippen MR) is 99.0 cm³/mol. The highest BCUT2D eigenvalue weighted by Gasteiger charge is 2.16. The molecule has 23 heavy (non-hydrogen) atoms. The lowest BCUT2D eigenvalue weighted by Gasteiger charge is -2.16. The van der Waals surface area contributed by atoms with E-state index in [1.807, 2.05) is 26.8 Å². The summed E-state index contributed by atoms with van der Waals surface area (Å²) >= 11 is 1.42. The fraction of sp³-hybridized carbons (Fsp3) is 0.357. The van der Waals surface area contributed by atoms with E-state index in [-0.39, 0.29) is 30.4 Å². The smallest absolute Gasteiger partial charge is 0.268 e. The largest absolute Gasteiger partial charge is 0.325 e. The molecule has 126 valence electrons. The Morgan fingerprint density at radius 2 is 2.04 bits per heavy atom. The van der Waals surface area contributed by atoms with Crippen LogP contribution in [0.15, 0.2) is 17.1 Å². The Bertz CT molecular complexity index is 862. The summed E-state index contributed by atoms with van der Waals surface area (Å²) in [5.74, 6) is 0.619. The first-order valence-corrected chi connectivity index (χ1v) is 7.47. The molecule has 0 saturated carbocycles. The third kappa shape index (κ3) is 4.11. The number of hydrogen-bond donors (Lipinski definition) is 3. The van der Waals surface area contributed by atoms with Crippen molar-refractivity contribution in [2.45, 2.75) is 32.7 Å². The van der Waals surface area contributed by atoms with Crippen LogP contribution in [0.2, 0.25) is 0 Å². The van der Waals surface area contributed by atoms with Gasteiger partial charge in [-0.3, -0.25) is 9.89 Å². The molecule has 0 saturated heterocycles. The molecule has 0 spiro atoms. The number of thiophene rings is 1. The first-order chi connectivity index (χ1) is 9.83. The van der Waals surface area contributed by atoms with Crippen LogP contribution in [0.5, 0.6) is 0 Å². The number of aromatic amines is 2. The van der Waals surface area contributed by atoms with E-state index in [2.05, 4.69) is 20.2 Å². The Morgan fingerprint density at radius 3 is 2.61 bits per heavy atom. The first-order valence-electron chi connectivity index (χ1n) is 6.65. The number of aromatic nitrogens is 4. The number of aryl methyl sites for hydroxylation is 1. The van der Waals surface area contributed by atoms with Crippen LogP contribution in [-0.4, -0.2) is 25.7 Å². The van der Waals surface area contributed by atoms with Crippen LogP contribution in [0.25, 0.3) is 20.7 Å². The predicted octanol–water partition coefficient (Wildman–Crippen LogP) is 2.81. The molecule has 0 unspecified atom stereocenters. The molecular weight excluding hydrogens is 357 g/mol. The van der Waals surface area contributed by atoms with Crippen LogP contribution in [0.4, 0.5) is 0 Å². The van der Waals surface area contributed by atoms with E-state index in [0.717, 1.165) is 16.1 Å². The Kier molecular flexibility index (Phi) is 5.98. The monoisotopic (exact) mass is 375 g/mol. The zero-order chi connectivity index (χ0) is 15.2. The number of nitrogens with two attached hydrogens (primary N) is 1. The van der Waals surface area contributed by atoms with Gasteiger partial charge in [-0.05, 0) is 26.8 Å². The summed E-state index contributed by atoms with van der Waals surface area (Å²) in [4.78, 5) is 20.5. The van der Waals surface area contributed by atoms with Crippen LogP contribution < -0.4 is 11.3 Å². The Morgan fingerprint density at radius 1 is 1.35 bits per heavy atom. The molecule has 0 bridgehead atoms. The van der Waals surface area contributed by atoms with Gasteiger partial charge >= 0.3 is 0 Å². The molecule has 6 nitrogen and oxygen atoms in total. The van der Waals surface area contributed by atoms with E-state index < -0.39 is 5.54 Å². The highest BCUT2D eigenvalue weighted by molar-refractivity contribution is 7.22. The van der Waals surface area contributed by atoms with E-state index in [1.54, 1.807) is 6.20 Å². The maximum absolute atomic E-state index is 12.2. The molecule has 9 heteroatoms. The van der Waals surface area contributed by atoms with Crippen molar-refractivity contribution in [3.63, 3.8) is 0 Å². The zero-order valence-corrected chi connectivity index (χ0v) is 15.4. The van der Waals surface area contributed by atoms with Crippen molar-refractivity contribution < 1.29 is 0 Å². The average Bonchev–Trinajstić information content (AvgIpc) is 2.92. The second-order valence-electron chi connectivity index (χ2n) is 5.91. The van der Waals surface area contributed by atoms with Gasteiger partial charge in [0.1, 0.15) is 10.5 Å². The number of nitrogens with one attached hydrogen (secondary N) is 2. The molecule has 0 amide bonds. The van der Waals surface area contributed by atoms with Gasteiger partial charge in [0.2, 0.25) is 0 Å². The minimum absolute atomic E-state index is 0. The number of hydrogen-bond acceptors (Lipinski definition) is 5. The number of H-pyrrole nitrogens is 2. The quantitative estimate of drug-likeness (QED) is 0.654. The normalized spacial score (nSPS) is 11.1. The van der Waals surface area contributed by atoms with E-state index in [1.165, 1.54) is 11.3 Å². The fourth-order valence-corrected chi connectivity index (χ4v) is 3.29. The van der Waals surface area contributed by atoms with Crippen LogP contribution in [0.3, 0.4) is 0 Å². The Hall–Kier alpha value is -1.41. The van der Waals surface area contributed by atoms with Crippen molar-refractivity contribution in [1.82, 2.24) is 20.2 Å². The van der Waals surface area contributed by atoms with Crippen molar-refractivity contribution in [3.05, 3.63) is 34.1 Å². The molecule has 4 N–H and O–H groups in total. The highest BCUT2D eigenvalue weighted by Crippen LogP contribution is 2.32. The summed E-state index contributed by atoms with van der Waals surface area (Å²) in [6.07, 6.45) is 2.28. The summed E-state index contributed by atoms with van der Waals surface area (Å²) in [6.45, 7) is 5.77. The van der Waals surface area contributed by atoms with Gasteiger partial charge < -0.3 is 10.7 Å². The SMILES string of the molecule is Cc1[nH]ncc1-c1cc2nc(CC(C)(C)N)[nH]c(=O)c2s1.Cl.Cl. The first kappa shape index (κ1) is 19.6. The maximum atomic E-state index is 12.2. The summed E-state index contributed by atoms with van der Waals surface area (Å²) < 4.78 is 0.629. The molecular formula is C14H19Cl2N5OS. The van der Waals surface area contributed by atoms with Gasteiger partial charge in [-0.25, -0.2) is 4.98 Å².